The first kappa shape index (κ1) is 19.2. The fourth-order valence-corrected chi connectivity index (χ4v) is 4.00. The van der Waals surface area contributed by atoms with Crippen LogP contribution < -0.4 is 0 Å². The lowest BCUT2D eigenvalue weighted by atomic mass is 10.2. The number of amides is 1. The van der Waals surface area contributed by atoms with E-state index in [1.54, 1.807) is 23.1 Å². The second-order valence-electron chi connectivity index (χ2n) is 5.75. The summed E-state index contributed by atoms with van der Waals surface area (Å²) in [4.78, 5) is 14.4. The number of hydrogen-bond acceptors (Lipinski definition) is 5. The Labute approximate surface area is 169 Å². The molecule has 5 nitrogen and oxygen atoms in total. The van der Waals surface area contributed by atoms with Crippen LogP contribution in [0.15, 0.2) is 34.7 Å². The number of carbonyl (C=O) groups is 1. The smallest absolute Gasteiger partial charge is 0.256 e. The van der Waals surface area contributed by atoms with Crippen LogP contribution in [0.25, 0.3) is 11.5 Å². The molecule has 2 aromatic heterocycles. The molecule has 3 rings (SSSR count). The van der Waals surface area contributed by atoms with E-state index in [0.717, 1.165) is 11.3 Å². The molecule has 0 aliphatic carbocycles. The highest BCUT2D eigenvalue weighted by Gasteiger charge is 2.25. The van der Waals surface area contributed by atoms with E-state index in [4.69, 9.17) is 39.2 Å². The normalized spacial score (nSPS) is 11.2. The van der Waals surface area contributed by atoms with Gasteiger partial charge in [-0.05, 0) is 32.0 Å². The fraction of sp³-hybridized carbons (Fsp3) is 0.235. The average molecular weight is 431 g/mol. The highest BCUT2D eigenvalue weighted by molar-refractivity contribution is 7.20. The third-order valence-corrected chi connectivity index (χ3v) is 5.47. The van der Waals surface area contributed by atoms with Crippen LogP contribution in [0.3, 0.4) is 0 Å². The highest BCUT2D eigenvalue weighted by Crippen LogP contribution is 2.33. The van der Waals surface area contributed by atoms with Crippen molar-refractivity contribution in [1.82, 2.24) is 15.1 Å². The molecule has 0 saturated heterocycles. The lowest BCUT2D eigenvalue weighted by Crippen LogP contribution is -2.36. The summed E-state index contributed by atoms with van der Waals surface area (Å²) >= 11 is 19.4. The van der Waals surface area contributed by atoms with Crippen LogP contribution in [0.2, 0.25) is 13.7 Å². The molecule has 2 heterocycles. The predicted molar refractivity (Wildman–Crippen MR) is 104 cm³/mol. The number of thiophene rings is 1. The van der Waals surface area contributed by atoms with Crippen molar-refractivity contribution in [3.05, 3.63) is 55.5 Å². The molecule has 0 unspecified atom stereocenters. The van der Waals surface area contributed by atoms with E-state index < -0.39 is 0 Å². The summed E-state index contributed by atoms with van der Waals surface area (Å²) in [5, 5.41) is 8.58. The summed E-state index contributed by atoms with van der Waals surface area (Å²) in [6, 6.07) is 8.64. The van der Waals surface area contributed by atoms with E-state index in [1.807, 2.05) is 26.0 Å². The molecule has 26 heavy (non-hydrogen) atoms. The summed E-state index contributed by atoms with van der Waals surface area (Å²) in [5.41, 5.74) is 1.00. The van der Waals surface area contributed by atoms with Gasteiger partial charge in [0.1, 0.15) is 4.34 Å². The van der Waals surface area contributed by atoms with Gasteiger partial charge in [0.2, 0.25) is 11.8 Å². The quantitative estimate of drug-likeness (QED) is 0.512. The van der Waals surface area contributed by atoms with Crippen molar-refractivity contribution in [3.8, 4) is 11.5 Å². The van der Waals surface area contributed by atoms with Crippen LogP contribution in [0.4, 0.5) is 0 Å². The molecule has 0 radical (unpaired) electrons. The van der Waals surface area contributed by atoms with Crippen LogP contribution >= 0.6 is 46.1 Å². The monoisotopic (exact) mass is 429 g/mol. The van der Waals surface area contributed by atoms with Crippen molar-refractivity contribution in [1.29, 1.82) is 0 Å². The lowest BCUT2D eigenvalue weighted by molar-refractivity contribution is 0.0673. The first-order valence-corrected chi connectivity index (χ1v) is 9.65. The van der Waals surface area contributed by atoms with E-state index in [2.05, 4.69) is 10.2 Å². The van der Waals surface area contributed by atoms with Gasteiger partial charge in [-0.25, -0.2) is 0 Å². The Hall–Kier alpha value is -1.60. The molecule has 9 heteroatoms. The molecule has 1 aromatic carbocycles. The van der Waals surface area contributed by atoms with Gasteiger partial charge in [-0.2, -0.15) is 0 Å². The number of carbonyl (C=O) groups excluding carboxylic acids is 1. The molecule has 0 aliphatic rings. The standard InChI is InChI=1S/C17H14Cl3N3O2S/c1-9(2)23(17(24)11-7-13(19)26-15(11)20)8-14-21-22-16(25-14)10-5-3-4-6-12(10)18/h3-7,9H,8H2,1-2H3. The Balaban J connectivity index is 1.84. The van der Waals surface area contributed by atoms with E-state index >= 15 is 0 Å². The zero-order valence-corrected chi connectivity index (χ0v) is 17.0. The molecular formula is C17H14Cl3N3O2S. The molecule has 136 valence electrons. The maximum atomic E-state index is 12.8. The van der Waals surface area contributed by atoms with Gasteiger partial charge in [0.25, 0.3) is 5.91 Å². The first-order valence-electron chi connectivity index (χ1n) is 7.70. The van der Waals surface area contributed by atoms with Crippen molar-refractivity contribution in [3.63, 3.8) is 0 Å². The van der Waals surface area contributed by atoms with Crippen LogP contribution in [0, 0.1) is 0 Å². The molecule has 0 saturated carbocycles. The third kappa shape index (κ3) is 4.04. The maximum absolute atomic E-state index is 12.8. The Kier molecular flexibility index (Phi) is 5.87. The van der Waals surface area contributed by atoms with Gasteiger partial charge >= 0.3 is 0 Å². The number of aromatic nitrogens is 2. The summed E-state index contributed by atoms with van der Waals surface area (Å²) in [6.07, 6.45) is 0. The molecule has 0 aliphatic heterocycles. The zero-order chi connectivity index (χ0) is 18.8. The van der Waals surface area contributed by atoms with Crippen LogP contribution in [0.1, 0.15) is 30.1 Å². The largest absolute Gasteiger partial charge is 0.419 e. The lowest BCUT2D eigenvalue weighted by Gasteiger charge is -2.25. The second-order valence-corrected chi connectivity index (χ2v) is 8.44. The zero-order valence-electron chi connectivity index (χ0n) is 13.9. The fourth-order valence-electron chi connectivity index (χ4n) is 2.34. The van der Waals surface area contributed by atoms with Gasteiger partial charge in [-0.15, -0.1) is 21.5 Å². The van der Waals surface area contributed by atoms with Crippen LogP contribution in [-0.2, 0) is 6.54 Å². The SMILES string of the molecule is CC(C)N(Cc1nnc(-c2ccccc2Cl)o1)C(=O)c1cc(Cl)sc1Cl. The number of halogens is 3. The minimum atomic E-state index is -0.245. The Morgan fingerprint density at radius 2 is 1.96 bits per heavy atom. The third-order valence-electron chi connectivity index (χ3n) is 3.65. The minimum absolute atomic E-state index is 0.104. The molecule has 0 spiro atoms. The molecule has 0 bridgehead atoms. The van der Waals surface area contributed by atoms with Gasteiger partial charge in [0.05, 0.1) is 27.0 Å². The second kappa shape index (κ2) is 7.96. The van der Waals surface area contributed by atoms with E-state index in [-0.39, 0.29) is 18.5 Å². The van der Waals surface area contributed by atoms with Crippen LogP contribution in [-0.4, -0.2) is 27.0 Å². The molecule has 1 amide bonds. The molecule has 0 atom stereocenters. The van der Waals surface area contributed by atoms with Gasteiger partial charge in [-0.3, -0.25) is 4.79 Å². The Morgan fingerprint density at radius 3 is 2.58 bits per heavy atom. The molecular weight excluding hydrogens is 417 g/mol. The van der Waals surface area contributed by atoms with Gasteiger partial charge in [0.15, 0.2) is 0 Å². The predicted octanol–water partition coefficient (Wildman–Crippen LogP) is 5.81. The summed E-state index contributed by atoms with van der Waals surface area (Å²) in [7, 11) is 0. The van der Waals surface area contributed by atoms with Crippen molar-refractivity contribution in [2.24, 2.45) is 0 Å². The van der Waals surface area contributed by atoms with E-state index in [1.165, 1.54) is 0 Å². The van der Waals surface area contributed by atoms with Gasteiger partial charge in [0, 0.05) is 6.04 Å². The van der Waals surface area contributed by atoms with Gasteiger partial charge in [-0.1, -0.05) is 46.9 Å². The molecule has 0 fully saturated rings. The number of benzene rings is 1. The number of rotatable bonds is 5. The Morgan fingerprint density at radius 1 is 1.23 bits per heavy atom. The summed E-state index contributed by atoms with van der Waals surface area (Å²) in [5.74, 6) is 0.364. The summed E-state index contributed by atoms with van der Waals surface area (Å²) < 4.78 is 6.51. The summed E-state index contributed by atoms with van der Waals surface area (Å²) in [6.45, 7) is 3.94. The van der Waals surface area contributed by atoms with Gasteiger partial charge < -0.3 is 9.32 Å². The topological polar surface area (TPSA) is 59.2 Å². The van der Waals surface area contributed by atoms with Crippen molar-refractivity contribution in [2.75, 3.05) is 0 Å². The number of hydrogen-bond donors (Lipinski definition) is 0. The Bertz CT molecular complexity index is 939. The average Bonchev–Trinajstić information content (AvgIpc) is 3.18. The minimum Gasteiger partial charge on any atom is -0.419 e. The van der Waals surface area contributed by atoms with Crippen molar-refractivity contribution < 1.29 is 9.21 Å². The van der Waals surface area contributed by atoms with Crippen LogP contribution in [0.5, 0.6) is 0 Å². The maximum Gasteiger partial charge on any atom is 0.256 e. The molecule has 3 aromatic rings. The molecule has 0 N–H and O–H groups in total. The highest BCUT2D eigenvalue weighted by atomic mass is 35.5. The number of nitrogens with zero attached hydrogens (tertiary/aromatic N) is 3. The van der Waals surface area contributed by atoms with E-state index in [0.29, 0.717) is 36.6 Å². The van der Waals surface area contributed by atoms with E-state index in [9.17, 15) is 4.79 Å². The van der Waals surface area contributed by atoms with Crippen molar-refractivity contribution in [2.45, 2.75) is 26.4 Å². The van der Waals surface area contributed by atoms with Crippen molar-refractivity contribution >= 4 is 52.0 Å². The first-order chi connectivity index (χ1) is 12.4.